The van der Waals surface area contributed by atoms with E-state index < -0.39 is 0 Å². The van der Waals surface area contributed by atoms with E-state index in [0.29, 0.717) is 23.6 Å². The number of nitrogens with one attached hydrogen (secondary N) is 2. The molecule has 1 aliphatic heterocycles. The van der Waals surface area contributed by atoms with Gasteiger partial charge >= 0.3 is 0 Å². The number of nitrogens with two attached hydrogens (primary N) is 2. The van der Waals surface area contributed by atoms with Crippen molar-refractivity contribution in [2.75, 3.05) is 6.54 Å². The fourth-order valence-electron chi connectivity index (χ4n) is 4.01. The summed E-state index contributed by atoms with van der Waals surface area (Å²) in [5, 5.41) is 20.1. The van der Waals surface area contributed by atoms with E-state index in [2.05, 4.69) is 40.4 Å². The summed E-state index contributed by atoms with van der Waals surface area (Å²) in [6.45, 7) is 5.00. The lowest BCUT2D eigenvalue weighted by atomic mass is 9.96. The van der Waals surface area contributed by atoms with Gasteiger partial charge in [-0.2, -0.15) is 5.10 Å². The second-order valence-corrected chi connectivity index (χ2v) is 7.60. The minimum absolute atomic E-state index is 0.297. The fraction of sp³-hybridized carbons (Fsp3) is 0.455. The Morgan fingerprint density at radius 2 is 2.14 bits per heavy atom. The number of pyridine rings is 1. The van der Waals surface area contributed by atoms with Gasteiger partial charge in [0.25, 0.3) is 0 Å². The molecule has 0 radical (unpaired) electrons. The highest BCUT2D eigenvalue weighted by atomic mass is 15.1. The number of aromatic nitrogens is 3. The van der Waals surface area contributed by atoms with Crippen LogP contribution in [0.5, 0.6) is 0 Å². The lowest BCUT2D eigenvalue weighted by Gasteiger charge is -2.20. The highest BCUT2D eigenvalue weighted by molar-refractivity contribution is 6.08. The van der Waals surface area contributed by atoms with Crippen LogP contribution >= 0.6 is 0 Å². The first-order valence-corrected chi connectivity index (χ1v) is 10.3. The normalized spacial score (nSPS) is 20.6. The van der Waals surface area contributed by atoms with E-state index in [4.69, 9.17) is 16.9 Å². The van der Waals surface area contributed by atoms with Crippen LogP contribution in [0.4, 0.5) is 0 Å². The predicted octanol–water partition coefficient (Wildman–Crippen LogP) is 2.62. The summed E-state index contributed by atoms with van der Waals surface area (Å²) in [4.78, 5) is 4.53. The SMILES string of the molecule is CCc1cc(-c2ccc(C(C)C3CCC(CCN)N3)nn2)ncc1/C(C=N)=C/N. The maximum Gasteiger partial charge on any atom is 0.111 e. The maximum absolute atomic E-state index is 7.52. The van der Waals surface area contributed by atoms with Crippen molar-refractivity contribution in [3.8, 4) is 11.4 Å². The van der Waals surface area contributed by atoms with E-state index in [-0.39, 0.29) is 0 Å². The van der Waals surface area contributed by atoms with Crippen LogP contribution in [-0.2, 0) is 6.42 Å². The van der Waals surface area contributed by atoms with Gasteiger partial charge in [0.05, 0.1) is 11.4 Å². The van der Waals surface area contributed by atoms with Crippen LogP contribution in [0.2, 0.25) is 0 Å². The van der Waals surface area contributed by atoms with Gasteiger partial charge < -0.3 is 22.2 Å². The lowest BCUT2D eigenvalue weighted by Crippen LogP contribution is -2.34. The number of hydrogen-bond donors (Lipinski definition) is 4. The minimum atomic E-state index is 0.297. The third-order valence-electron chi connectivity index (χ3n) is 5.83. The zero-order chi connectivity index (χ0) is 20.8. The zero-order valence-electron chi connectivity index (χ0n) is 17.2. The van der Waals surface area contributed by atoms with E-state index >= 15 is 0 Å². The average Bonchev–Trinajstić information content (AvgIpc) is 3.23. The fourth-order valence-corrected chi connectivity index (χ4v) is 4.01. The topological polar surface area (TPSA) is 127 Å². The van der Waals surface area contributed by atoms with Crippen molar-refractivity contribution in [1.29, 1.82) is 5.41 Å². The van der Waals surface area contributed by atoms with Gasteiger partial charge in [0, 0.05) is 47.7 Å². The van der Waals surface area contributed by atoms with E-state index in [1.54, 1.807) is 6.20 Å². The smallest absolute Gasteiger partial charge is 0.111 e. The molecule has 0 amide bonds. The molecule has 0 aromatic carbocycles. The number of allylic oxidation sites excluding steroid dienone is 1. The van der Waals surface area contributed by atoms with Gasteiger partial charge in [-0.1, -0.05) is 13.8 Å². The van der Waals surface area contributed by atoms with Gasteiger partial charge in [-0.25, -0.2) is 0 Å². The molecule has 7 nitrogen and oxygen atoms in total. The molecule has 0 spiro atoms. The molecule has 0 aliphatic carbocycles. The van der Waals surface area contributed by atoms with Crippen LogP contribution < -0.4 is 16.8 Å². The Hall–Kier alpha value is -2.64. The van der Waals surface area contributed by atoms with Crippen LogP contribution in [0, 0.1) is 5.41 Å². The molecule has 3 unspecified atom stereocenters. The second-order valence-electron chi connectivity index (χ2n) is 7.60. The molecule has 1 saturated heterocycles. The van der Waals surface area contributed by atoms with Crippen molar-refractivity contribution >= 4 is 11.8 Å². The quantitative estimate of drug-likeness (QED) is 0.511. The molecule has 6 N–H and O–H groups in total. The molecule has 7 heteroatoms. The summed E-state index contributed by atoms with van der Waals surface area (Å²) in [7, 11) is 0. The van der Waals surface area contributed by atoms with Crippen molar-refractivity contribution in [2.24, 2.45) is 11.5 Å². The third kappa shape index (κ3) is 4.68. The molecule has 0 saturated carbocycles. The predicted molar refractivity (Wildman–Crippen MR) is 118 cm³/mol. The highest BCUT2D eigenvalue weighted by Gasteiger charge is 2.29. The van der Waals surface area contributed by atoms with Crippen molar-refractivity contribution in [3.05, 3.63) is 47.4 Å². The van der Waals surface area contributed by atoms with Gasteiger partial charge in [-0.15, -0.1) is 5.10 Å². The van der Waals surface area contributed by atoms with Gasteiger partial charge in [-0.3, -0.25) is 4.98 Å². The van der Waals surface area contributed by atoms with Gasteiger partial charge in [-0.05, 0) is 56.0 Å². The molecule has 0 bridgehead atoms. The first kappa shape index (κ1) is 21.1. The monoisotopic (exact) mass is 393 g/mol. The lowest BCUT2D eigenvalue weighted by molar-refractivity contribution is 0.462. The molecule has 3 rings (SSSR count). The summed E-state index contributed by atoms with van der Waals surface area (Å²) in [6, 6.07) is 6.98. The van der Waals surface area contributed by atoms with Crippen LogP contribution in [-0.4, -0.2) is 40.0 Å². The van der Waals surface area contributed by atoms with Crippen LogP contribution in [0.3, 0.4) is 0 Å². The Morgan fingerprint density at radius 1 is 1.31 bits per heavy atom. The molecule has 3 atom stereocenters. The Morgan fingerprint density at radius 3 is 2.76 bits per heavy atom. The molecule has 2 aromatic heterocycles. The van der Waals surface area contributed by atoms with Crippen LogP contribution in [0.15, 0.2) is 30.6 Å². The summed E-state index contributed by atoms with van der Waals surface area (Å²) in [5.41, 5.74) is 16.5. The summed E-state index contributed by atoms with van der Waals surface area (Å²) < 4.78 is 0. The Labute approximate surface area is 172 Å². The molecule has 3 heterocycles. The number of rotatable bonds is 8. The average molecular weight is 394 g/mol. The van der Waals surface area contributed by atoms with E-state index in [0.717, 1.165) is 54.0 Å². The van der Waals surface area contributed by atoms with E-state index in [1.165, 1.54) is 18.8 Å². The van der Waals surface area contributed by atoms with Gasteiger partial charge in [0.15, 0.2) is 0 Å². The van der Waals surface area contributed by atoms with Crippen molar-refractivity contribution in [1.82, 2.24) is 20.5 Å². The highest BCUT2D eigenvalue weighted by Crippen LogP contribution is 2.28. The number of aryl methyl sites for hydroxylation is 1. The Kier molecular flexibility index (Phi) is 7.06. The van der Waals surface area contributed by atoms with E-state index in [1.807, 2.05) is 12.1 Å². The van der Waals surface area contributed by atoms with Crippen molar-refractivity contribution in [2.45, 2.75) is 57.5 Å². The van der Waals surface area contributed by atoms with Crippen molar-refractivity contribution < 1.29 is 0 Å². The number of nitrogens with zero attached hydrogens (tertiary/aromatic N) is 3. The summed E-state index contributed by atoms with van der Waals surface area (Å²) in [5.74, 6) is 0.297. The van der Waals surface area contributed by atoms with E-state index in [9.17, 15) is 0 Å². The molecule has 2 aromatic rings. The Balaban J connectivity index is 1.77. The third-order valence-corrected chi connectivity index (χ3v) is 5.83. The number of hydrogen-bond acceptors (Lipinski definition) is 7. The standard InChI is InChI=1S/C22H31N7/c1-3-15-10-22(26-13-18(15)16(11-24)12-25)21-7-6-20(28-29-21)14(2)19-5-4-17(27-19)8-9-23/h6-7,10-14,17,19,24,27H,3-5,8-9,23,25H2,1-2H3/b16-12+,24-11?. The molecule has 29 heavy (non-hydrogen) atoms. The van der Waals surface area contributed by atoms with Crippen LogP contribution in [0.25, 0.3) is 17.0 Å². The molecule has 1 aliphatic rings. The molecule has 154 valence electrons. The molecule has 1 fully saturated rings. The Bertz CT molecular complexity index is 860. The van der Waals surface area contributed by atoms with Gasteiger partial charge in [0.2, 0.25) is 0 Å². The van der Waals surface area contributed by atoms with Crippen molar-refractivity contribution in [3.63, 3.8) is 0 Å². The summed E-state index contributed by atoms with van der Waals surface area (Å²) >= 11 is 0. The van der Waals surface area contributed by atoms with Crippen LogP contribution in [0.1, 0.15) is 55.8 Å². The second kappa shape index (κ2) is 9.71. The minimum Gasteiger partial charge on any atom is -0.404 e. The first-order valence-electron chi connectivity index (χ1n) is 10.3. The van der Waals surface area contributed by atoms with Gasteiger partial charge in [0.1, 0.15) is 5.69 Å². The molecular formula is C22H31N7. The first-order chi connectivity index (χ1) is 14.1. The largest absolute Gasteiger partial charge is 0.404 e. The summed E-state index contributed by atoms with van der Waals surface area (Å²) in [6.07, 6.45) is 8.60. The zero-order valence-corrected chi connectivity index (χ0v) is 17.2. The maximum atomic E-state index is 7.52. The molecular weight excluding hydrogens is 362 g/mol.